The first kappa shape index (κ1) is 15.6. The van der Waals surface area contributed by atoms with Gasteiger partial charge in [0.2, 0.25) is 0 Å². The van der Waals surface area contributed by atoms with Crippen molar-refractivity contribution in [3.05, 3.63) is 18.0 Å². The highest BCUT2D eigenvalue weighted by atomic mass is 19.4. The van der Waals surface area contributed by atoms with Gasteiger partial charge < -0.3 is 15.4 Å². The largest absolute Gasteiger partial charge is 0.433 e. The van der Waals surface area contributed by atoms with E-state index in [0.717, 1.165) is 12.3 Å². The van der Waals surface area contributed by atoms with Crippen LogP contribution in [0.3, 0.4) is 0 Å². The number of hydrogen-bond acceptors (Lipinski definition) is 4. The minimum atomic E-state index is -4.47. The lowest BCUT2D eigenvalue weighted by molar-refractivity contribution is -0.141. The topological polar surface area (TPSA) is 51.4 Å². The number of halogens is 3. The molecule has 0 amide bonds. The zero-order valence-electron chi connectivity index (χ0n) is 11.0. The van der Waals surface area contributed by atoms with Gasteiger partial charge in [0.15, 0.2) is 0 Å². The lowest BCUT2D eigenvalue weighted by Gasteiger charge is -2.25. The number of ether oxygens (including phenoxy) is 1. The van der Waals surface area contributed by atoms with Crippen molar-refractivity contribution in [3.63, 3.8) is 0 Å². The maximum Gasteiger partial charge on any atom is 0.433 e. The molecular formula is C12H18F3N3O. The summed E-state index contributed by atoms with van der Waals surface area (Å²) in [5.74, 6) is 0. The lowest BCUT2D eigenvalue weighted by Crippen LogP contribution is -2.28. The number of alkyl halides is 3. The van der Waals surface area contributed by atoms with Crippen molar-refractivity contribution < 1.29 is 17.9 Å². The van der Waals surface area contributed by atoms with Crippen LogP contribution in [-0.2, 0) is 10.9 Å². The second-order valence-corrected chi connectivity index (χ2v) is 3.90. The first-order valence-corrected chi connectivity index (χ1v) is 6.05. The van der Waals surface area contributed by atoms with Gasteiger partial charge >= 0.3 is 6.18 Å². The van der Waals surface area contributed by atoms with E-state index >= 15 is 0 Å². The normalized spacial score (nSPS) is 11.6. The molecule has 0 fully saturated rings. The van der Waals surface area contributed by atoms with E-state index in [9.17, 15) is 13.2 Å². The Hall–Kier alpha value is -1.50. The van der Waals surface area contributed by atoms with Crippen molar-refractivity contribution in [2.24, 2.45) is 0 Å². The quantitative estimate of drug-likeness (QED) is 0.812. The van der Waals surface area contributed by atoms with Gasteiger partial charge in [-0.15, -0.1) is 0 Å². The van der Waals surface area contributed by atoms with Gasteiger partial charge in [0.1, 0.15) is 5.69 Å². The second kappa shape index (κ2) is 6.60. The van der Waals surface area contributed by atoms with Gasteiger partial charge in [-0.1, -0.05) is 0 Å². The van der Waals surface area contributed by atoms with Gasteiger partial charge in [-0.05, 0) is 19.9 Å². The molecule has 1 rings (SSSR count). The van der Waals surface area contributed by atoms with Crippen LogP contribution in [0.5, 0.6) is 0 Å². The van der Waals surface area contributed by atoms with Crippen molar-refractivity contribution in [3.8, 4) is 0 Å². The third kappa shape index (κ3) is 4.27. The lowest BCUT2D eigenvalue weighted by atomic mass is 10.2. The summed E-state index contributed by atoms with van der Waals surface area (Å²) in [6.45, 7) is 5.73. The molecular weight excluding hydrogens is 259 g/mol. The van der Waals surface area contributed by atoms with Crippen molar-refractivity contribution in [1.82, 2.24) is 4.98 Å². The van der Waals surface area contributed by atoms with Gasteiger partial charge in [0.05, 0.1) is 24.2 Å². The average molecular weight is 277 g/mol. The van der Waals surface area contributed by atoms with Crippen LogP contribution >= 0.6 is 0 Å². The average Bonchev–Trinajstić information content (AvgIpc) is 2.34. The van der Waals surface area contributed by atoms with Crippen molar-refractivity contribution in [2.45, 2.75) is 20.0 Å². The number of aromatic nitrogens is 1. The fraction of sp³-hybridized carbons (Fsp3) is 0.583. The monoisotopic (exact) mass is 277 g/mol. The Morgan fingerprint density at radius 3 is 2.58 bits per heavy atom. The number of hydrogen-bond donors (Lipinski definition) is 1. The zero-order chi connectivity index (χ0) is 14.5. The molecule has 0 aliphatic carbocycles. The molecule has 0 aliphatic heterocycles. The molecule has 7 heteroatoms. The van der Waals surface area contributed by atoms with E-state index < -0.39 is 11.9 Å². The third-order valence-electron chi connectivity index (χ3n) is 2.63. The number of nitrogens with two attached hydrogens (primary N) is 1. The van der Waals surface area contributed by atoms with E-state index in [-0.39, 0.29) is 5.69 Å². The standard InChI is InChI=1S/C12H18F3N3O/c1-3-18(5-6-19-4-2)10-7-11(12(13,14)15)17-8-9(10)16/h7-8H,3-6,16H2,1-2H3. The summed E-state index contributed by atoms with van der Waals surface area (Å²) in [5, 5.41) is 0. The van der Waals surface area contributed by atoms with Crippen LogP contribution in [0.25, 0.3) is 0 Å². The van der Waals surface area contributed by atoms with Crippen LogP contribution in [0, 0.1) is 0 Å². The predicted molar refractivity (Wildman–Crippen MR) is 68.0 cm³/mol. The fourth-order valence-electron chi connectivity index (χ4n) is 1.65. The summed E-state index contributed by atoms with van der Waals surface area (Å²) < 4.78 is 43.1. The smallest absolute Gasteiger partial charge is 0.396 e. The van der Waals surface area contributed by atoms with Crippen LogP contribution in [0.2, 0.25) is 0 Å². The molecule has 1 aromatic heterocycles. The van der Waals surface area contributed by atoms with Crippen molar-refractivity contribution in [1.29, 1.82) is 0 Å². The molecule has 0 aliphatic rings. The van der Waals surface area contributed by atoms with Gasteiger partial charge in [-0.2, -0.15) is 13.2 Å². The summed E-state index contributed by atoms with van der Waals surface area (Å²) >= 11 is 0. The first-order valence-electron chi connectivity index (χ1n) is 6.05. The molecule has 0 atom stereocenters. The Morgan fingerprint density at radius 2 is 2.05 bits per heavy atom. The van der Waals surface area contributed by atoms with Crippen LogP contribution in [0.1, 0.15) is 19.5 Å². The van der Waals surface area contributed by atoms with Gasteiger partial charge in [0, 0.05) is 19.7 Å². The van der Waals surface area contributed by atoms with Crippen LogP contribution < -0.4 is 10.6 Å². The van der Waals surface area contributed by atoms with Crippen LogP contribution in [0.15, 0.2) is 12.3 Å². The highest BCUT2D eigenvalue weighted by Crippen LogP contribution is 2.32. The summed E-state index contributed by atoms with van der Waals surface area (Å²) in [4.78, 5) is 5.05. The van der Waals surface area contributed by atoms with Gasteiger partial charge in [0.25, 0.3) is 0 Å². The van der Waals surface area contributed by atoms with Crippen LogP contribution in [0.4, 0.5) is 24.5 Å². The van der Waals surface area contributed by atoms with Crippen molar-refractivity contribution in [2.75, 3.05) is 36.9 Å². The van der Waals surface area contributed by atoms with Crippen molar-refractivity contribution >= 4 is 11.4 Å². The van der Waals surface area contributed by atoms with E-state index in [4.69, 9.17) is 10.5 Å². The Bertz CT molecular complexity index is 410. The molecule has 0 unspecified atom stereocenters. The van der Waals surface area contributed by atoms with Gasteiger partial charge in [-0.3, -0.25) is 0 Å². The Labute approximate surface area is 110 Å². The molecule has 2 N–H and O–H groups in total. The molecule has 0 aromatic carbocycles. The molecule has 4 nitrogen and oxygen atoms in total. The fourth-order valence-corrected chi connectivity index (χ4v) is 1.65. The van der Waals surface area contributed by atoms with E-state index in [1.54, 1.807) is 4.90 Å². The van der Waals surface area contributed by atoms with Gasteiger partial charge in [-0.25, -0.2) is 4.98 Å². The Balaban J connectivity index is 2.95. The summed E-state index contributed by atoms with van der Waals surface area (Å²) in [7, 11) is 0. The highest BCUT2D eigenvalue weighted by Gasteiger charge is 2.33. The molecule has 108 valence electrons. The zero-order valence-corrected chi connectivity index (χ0v) is 11.0. The molecule has 0 radical (unpaired) electrons. The molecule has 1 aromatic rings. The van der Waals surface area contributed by atoms with E-state index in [2.05, 4.69) is 4.98 Å². The first-order chi connectivity index (χ1) is 8.90. The van der Waals surface area contributed by atoms with E-state index in [1.807, 2.05) is 13.8 Å². The number of nitrogen functional groups attached to an aromatic ring is 1. The number of pyridine rings is 1. The number of likely N-dealkylation sites (N-methyl/N-ethyl adjacent to an activating group) is 1. The Kier molecular flexibility index (Phi) is 5.41. The summed E-state index contributed by atoms with van der Waals surface area (Å²) in [6.07, 6.45) is -3.43. The maximum atomic E-state index is 12.6. The molecule has 1 heterocycles. The summed E-state index contributed by atoms with van der Waals surface area (Å²) in [6, 6.07) is 0.977. The molecule has 0 saturated carbocycles. The van der Waals surface area contributed by atoms with Crippen LogP contribution in [-0.4, -0.2) is 31.3 Å². The summed E-state index contributed by atoms with van der Waals surface area (Å²) in [5.41, 5.74) is 5.33. The minimum absolute atomic E-state index is 0.228. The third-order valence-corrected chi connectivity index (χ3v) is 2.63. The number of anilines is 2. The van der Waals surface area contributed by atoms with E-state index in [1.165, 1.54) is 0 Å². The van der Waals surface area contributed by atoms with E-state index in [0.29, 0.717) is 32.0 Å². The minimum Gasteiger partial charge on any atom is -0.396 e. The SMILES string of the molecule is CCOCCN(CC)c1cc(C(F)(F)F)ncc1N. The highest BCUT2D eigenvalue weighted by molar-refractivity contribution is 5.67. The molecule has 0 spiro atoms. The molecule has 0 bridgehead atoms. The molecule has 0 saturated heterocycles. The Morgan fingerprint density at radius 1 is 1.37 bits per heavy atom. The number of rotatable bonds is 6. The number of nitrogens with zero attached hydrogens (tertiary/aromatic N) is 2. The maximum absolute atomic E-state index is 12.6. The predicted octanol–water partition coefficient (Wildman–Crippen LogP) is 2.55. The second-order valence-electron chi connectivity index (χ2n) is 3.90. The molecule has 19 heavy (non-hydrogen) atoms.